The van der Waals surface area contributed by atoms with Gasteiger partial charge < -0.3 is 23.7 Å². The van der Waals surface area contributed by atoms with E-state index in [1.165, 1.54) is 41.6 Å². The molecular weight excluding hydrogens is 404 g/mol. The van der Waals surface area contributed by atoms with Gasteiger partial charge in [-0.3, -0.25) is 9.59 Å². The van der Waals surface area contributed by atoms with Crippen molar-refractivity contribution in [1.29, 1.82) is 0 Å². The van der Waals surface area contributed by atoms with Crippen LogP contribution in [0.25, 0.3) is 0 Å². The molecule has 0 heterocycles. The van der Waals surface area contributed by atoms with E-state index < -0.39 is 29.2 Å². The van der Waals surface area contributed by atoms with Crippen LogP contribution in [0.3, 0.4) is 0 Å². The van der Waals surface area contributed by atoms with Crippen LogP contribution in [0.4, 0.5) is 0 Å². The summed E-state index contributed by atoms with van der Waals surface area (Å²) in [6.07, 6.45) is 4.65. The lowest BCUT2D eigenvalue weighted by atomic mass is 9.61. The predicted molar refractivity (Wildman–Crippen MR) is 108 cm³/mol. The highest BCUT2D eigenvalue weighted by atomic mass is 16.5. The summed E-state index contributed by atoms with van der Waals surface area (Å²) < 4.78 is 26.4. The summed E-state index contributed by atoms with van der Waals surface area (Å²) in [5.41, 5.74) is 1.05. The fourth-order valence-corrected chi connectivity index (χ4v) is 4.99. The minimum atomic E-state index is -1.08. The zero-order valence-electron chi connectivity index (χ0n) is 17.8. The molecule has 3 atom stereocenters. The molecule has 1 aromatic carbocycles. The summed E-state index contributed by atoms with van der Waals surface area (Å²) in [5, 5.41) is 0. The molecule has 4 rings (SSSR count). The van der Waals surface area contributed by atoms with Crippen LogP contribution in [0.5, 0.6) is 11.5 Å². The SMILES string of the molecule is COC(=O)C1=CC2=CC(=O)C(OC)=C[C@@]23c2cc(OC)c(OC)cc2[C@@H]1C3C(=O)OC. The third kappa shape index (κ3) is 2.64. The van der Waals surface area contributed by atoms with Crippen LogP contribution in [0.15, 0.2) is 47.3 Å². The van der Waals surface area contributed by atoms with Crippen molar-refractivity contribution in [3.05, 3.63) is 58.4 Å². The molecular formula is C23H22O8. The number of rotatable bonds is 5. The summed E-state index contributed by atoms with van der Waals surface area (Å²) in [5.74, 6) is -2.00. The highest BCUT2D eigenvalue weighted by Gasteiger charge is 2.62. The van der Waals surface area contributed by atoms with E-state index in [1.807, 2.05) is 0 Å². The summed E-state index contributed by atoms with van der Waals surface area (Å²) in [6, 6.07) is 3.52. The van der Waals surface area contributed by atoms with Crippen molar-refractivity contribution in [3.63, 3.8) is 0 Å². The van der Waals surface area contributed by atoms with Crippen LogP contribution < -0.4 is 9.47 Å². The number of hydrogen-bond acceptors (Lipinski definition) is 8. The average Bonchev–Trinajstić information content (AvgIpc) is 3.00. The molecule has 0 saturated heterocycles. The fraction of sp³-hybridized carbons (Fsp3) is 0.348. The lowest BCUT2D eigenvalue weighted by Crippen LogP contribution is -2.44. The van der Waals surface area contributed by atoms with Crippen molar-refractivity contribution in [3.8, 4) is 11.5 Å². The van der Waals surface area contributed by atoms with Crippen LogP contribution in [-0.2, 0) is 34.0 Å². The number of carbonyl (C=O) groups is 3. The fourth-order valence-electron chi connectivity index (χ4n) is 4.99. The van der Waals surface area contributed by atoms with E-state index in [4.69, 9.17) is 23.7 Å². The van der Waals surface area contributed by atoms with Gasteiger partial charge in [-0.15, -0.1) is 0 Å². The van der Waals surface area contributed by atoms with E-state index in [0.29, 0.717) is 28.2 Å². The Kier molecular flexibility index (Phi) is 4.88. The first kappa shape index (κ1) is 20.7. The Hall–Kier alpha value is -3.55. The van der Waals surface area contributed by atoms with Gasteiger partial charge in [-0.05, 0) is 47.1 Å². The average molecular weight is 426 g/mol. The van der Waals surface area contributed by atoms with E-state index in [9.17, 15) is 14.4 Å². The molecule has 8 heteroatoms. The second-order valence-corrected chi connectivity index (χ2v) is 7.41. The lowest BCUT2D eigenvalue weighted by Gasteiger charge is -2.40. The van der Waals surface area contributed by atoms with Crippen LogP contribution in [0.1, 0.15) is 17.0 Å². The number of benzene rings is 1. The molecule has 3 aliphatic rings. The zero-order chi connectivity index (χ0) is 22.5. The highest BCUT2D eigenvalue weighted by Crippen LogP contribution is 2.64. The summed E-state index contributed by atoms with van der Waals surface area (Å²) in [4.78, 5) is 38.5. The van der Waals surface area contributed by atoms with Gasteiger partial charge in [-0.2, -0.15) is 0 Å². The molecule has 8 nitrogen and oxygen atoms in total. The predicted octanol–water partition coefficient (Wildman–Crippen LogP) is 1.98. The number of methoxy groups -OCH3 is 5. The molecule has 0 amide bonds. The van der Waals surface area contributed by atoms with Gasteiger partial charge >= 0.3 is 11.9 Å². The maximum atomic E-state index is 13.1. The van der Waals surface area contributed by atoms with Gasteiger partial charge in [0.05, 0.1) is 46.9 Å². The molecule has 0 aliphatic heterocycles. The van der Waals surface area contributed by atoms with Gasteiger partial charge in [-0.1, -0.05) is 0 Å². The quantitative estimate of drug-likeness (QED) is 0.660. The molecule has 3 aliphatic carbocycles. The van der Waals surface area contributed by atoms with Crippen LogP contribution in [-0.4, -0.2) is 53.3 Å². The molecule has 1 spiro atoms. The second kappa shape index (κ2) is 7.30. The third-order valence-electron chi connectivity index (χ3n) is 6.27. The first-order chi connectivity index (χ1) is 14.9. The number of esters is 2. The molecule has 162 valence electrons. The number of fused-ring (bicyclic) bond motifs is 3. The molecule has 1 aromatic rings. The smallest absolute Gasteiger partial charge is 0.334 e. The first-order valence-corrected chi connectivity index (χ1v) is 9.55. The maximum absolute atomic E-state index is 13.1. The number of allylic oxidation sites excluding steroid dienone is 4. The Morgan fingerprint density at radius 3 is 2.16 bits per heavy atom. The standard InChI is InChI=1S/C23H22O8/c1-27-16-8-12-14(9-17(16)28-2)23-10-18(29-3)15(24)7-11(23)6-13(21(25)30-4)19(12)20(23)22(26)31-5/h6-10,19-20H,1-5H3/t19-,20?,23-/m0/s1. The number of carbonyl (C=O) groups excluding carboxylic acids is 3. The number of hydrogen-bond donors (Lipinski definition) is 0. The molecule has 0 aromatic heterocycles. The normalized spacial score (nSPS) is 25.3. The van der Waals surface area contributed by atoms with Crippen molar-refractivity contribution < 1.29 is 38.1 Å². The van der Waals surface area contributed by atoms with E-state index >= 15 is 0 Å². The summed E-state index contributed by atoms with van der Waals surface area (Å²) in [6.45, 7) is 0. The van der Waals surface area contributed by atoms with Crippen molar-refractivity contribution in [2.45, 2.75) is 11.3 Å². The van der Waals surface area contributed by atoms with Crippen molar-refractivity contribution >= 4 is 17.7 Å². The molecule has 0 N–H and O–H groups in total. The zero-order valence-corrected chi connectivity index (χ0v) is 17.8. The topological polar surface area (TPSA) is 97.4 Å². The Bertz CT molecular complexity index is 1090. The van der Waals surface area contributed by atoms with E-state index in [-0.39, 0.29) is 17.1 Å². The van der Waals surface area contributed by atoms with Crippen molar-refractivity contribution in [2.24, 2.45) is 5.92 Å². The Morgan fingerprint density at radius 2 is 1.58 bits per heavy atom. The molecule has 1 unspecified atom stereocenters. The Balaban J connectivity index is 2.14. The Morgan fingerprint density at radius 1 is 0.903 bits per heavy atom. The monoisotopic (exact) mass is 426 g/mol. The van der Waals surface area contributed by atoms with E-state index in [1.54, 1.807) is 24.3 Å². The van der Waals surface area contributed by atoms with E-state index in [0.717, 1.165) is 0 Å². The third-order valence-corrected chi connectivity index (χ3v) is 6.27. The summed E-state index contributed by atoms with van der Waals surface area (Å²) in [7, 11) is 6.97. The van der Waals surface area contributed by atoms with Gasteiger partial charge in [-0.25, -0.2) is 4.79 Å². The van der Waals surface area contributed by atoms with Crippen LogP contribution in [0, 0.1) is 5.92 Å². The van der Waals surface area contributed by atoms with Gasteiger partial charge in [0, 0.05) is 11.5 Å². The van der Waals surface area contributed by atoms with Crippen molar-refractivity contribution in [1.82, 2.24) is 0 Å². The van der Waals surface area contributed by atoms with Gasteiger partial charge in [0.2, 0.25) is 5.78 Å². The van der Waals surface area contributed by atoms with Crippen LogP contribution >= 0.6 is 0 Å². The Labute approximate surface area is 179 Å². The second-order valence-electron chi connectivity index (χ2n) is 7.41. The molecule has 0 saturated carbocycles. The van der Waals surface area contributed by atoms with Gasteiger partial charge in [0.15, 0.2) is 17.3 Å². The van der Waals surface area contributed by atoms with Crippen LogP contribution in [0.2, 0.25) is 0 Å². The maximum Gasteiger partial charge on any atom is 0.334 e. The number of ketones is 1. The highest BCUT2D eigenvalue weighted by molar-refractivity contribution is 6.07. The van der Waals surface area contributed by atoms with Gasteiger partial charge in [0.25, 0.3) is 0 Å². The minimum absolute atomic E-state index is 0.106. The lowest BCUT2D eigenvalue weighted by molar-refractivity contribution is -0.147. The molecule has 2 bridgehead atoms. The van der Waals surface area contributed by atoms with Crippen molar-refractivity contribution in [2.75, 3.05) is 35.5 Å². The number of ether oxygens (including phenoxy) is 5. The molecule has 0 fully saturated rings. The van der Waals surface area contributed by atoms with Gasteiger partial charge in [0.1, 0.15) is 0 Å². The largest absolute Gasteiger partial charge is 0.493 e. The molecule has 31 heavy (non-hydrogen) atoms. The first-order valence-electron chi connectivity index (χ1n) is 9.55. The minimum Gasteiger partial charge on any atom is -0.493 e. The van der Waals surface area contributed by atoms with E-state index in [2.05, 4.69) is 0 Å². The molecule has 0 radical (unpaired) electrons. The summed E-state index contributed by atoms with van der Waals surface area (Å²) >= 11 is 0.